The number of aryl methyl sites for hydroxylation is 1. The van der Waals surface area contributed by atoms with Gasteiger partial charge in [-0.15, -0.1) is 10.2 Å². The van der Waals surface area contributed by atoms with E-state index >= 15 is 0 Å². The number of rotatable bonds is 3. The maximum atomic E-state index is 13.1. The number of alkyl halides is 6. The smallest absolute Gasteiger partial charge is 0.416 e. The number of fused-ring (bicyclic) bond motifs is 1. The van der Waals surface area contributed by atoms with Gasteiger partial charge in [0, 0.05) is 16.7 Å². The summed E-state index contributed by atoms with van der Waals surface area (Å²) in [5, 5.41) is 17.0. The van der Waals surface area contributed by atoms with Crippen molar-refractivity contribution in [3.8, 4) is 22.9 Å². The molecule has 11 heteroatoms. The summed E-state index contributed by atoms with van der Waals surface area (Å²) >= 11 is 0. The van der Waals surface area contributed by atoms with Crippen molar-refractivity contribution < 1.29 is 35.9 Å². The fourth-order valence-electron chi connectivity index (χ4n) is 3.69. The monoisotopic (exact) mass is 457 g/mol. The molecule has 0 spiro atoms. The molecule has 2 aromatic carbocycles. The molecule has 0 aliphatic heterocycles. The van der Waals surface area contributed by atoms with Crippen molar-refractivity contribution in [2.45, 2.75) is 37.2 Å². The highest BCUT2D eigenvalue weighted by atomic mass is 19.4. The molecule has 0 fully saturated rings. The summed E-state index contributed by atoms with van der Waals surface area (Å²) in [6.45, 7) is -0.196. The van der Waals surface area contributed by atoms with E-state index in [9.17, 15) is 31.4 Å². The summed E-state index contributed by atoms with van der Waals surface area (Å²) in [4.78, 5) is 0. The number of aliphatic hydroxyl groups excluding tert-OH is 1. The maximum Gasteiger partial charge on any atom is 0.416 e. The number of nitrogens with two attached hydrogens (primary N) is 1. The van der Waals surface area contributed by atoms with E-state index in [0.29, 0.717) is 37.0 Å². The average molecular weight is 457 g/mol. The zero-order valence-electron chi connectivity index (χ0n) is 16.4. The molecule has 3 aromatic rings. The van der Waals surface area contributed by atoms with Crippen LogP contribution in [0.3, 0.4) is 0 Å². The molecule has 1 aliphatic rings. The molecule has 32 heavy (non-hydrogen) atoms. The molecule has 5 nitrogen and oxygen atoms in total. The van der Waals surface area contributed by atoms with Crippen LogP contribution in [0.4, 0.5) is 26.3 Å². The predicted octanol–water partition coefficient (Wildman–Crippen LogP) is 4.62. The molecular formula is C21H17F6N3O2. The lowest BCUT2D eigenvalue weighted by molar-refractivity contribution is -0.143. The third-order valence-electron chi connectivity index (χ3n) is 5.46. The van der Waals surface area contributed by atoms with Crippen molar-refractivity contribution in [3.63, 3.8) is 0 Å². The molecule has 0 unspecified atom stereocenters. The highest BCUT2D eigenvalue weighted by molar-refractivity contribution is 5.61. The molecule has 1 aliphatic carbocycles. The van der Waals surface area contributed by atoms with E-state index in [4.69, 9.17) is 10.2 Å². The van der Waals surface area contributed by atoms with Crippen molar-refractivity contribution >= 4 is 0 Å². The molecule has 0 saturated carbocycles. The number of aliphatic hydroxyl groups is 1. The maximum absolute atomic E-state index is 13.1. The van der Waals surface area contributed by atoms with Crippen molar-refractivity contribution in [1.82, 2.24) is 10.2 Å². The average Bonchev–Trinajstić information content (AvgIpc) is 3.22. The number of aromatic nitrogens is 2. The normalized spacial score (nSPS) is 19.1. The number of hydrogen-bond acceptors (Lipinski definition) is 5. The van der Waals surface area contributed by atoms with Gasteiger partial charge in [0.15, 0.2) is 0 Å². The van der Waals surface area contributed by atoms with Gasteiger partial charge in [-0.3, -0.25) is 0 Å². The van der Waals surface area contributed by atoms with E-state index in [1.54, 1.807) is 12.1 Å². The van der Waals surface area contributed by atoms with Gasteiger partial charge in [-0.1, -0.05) is 6.07 Å². The fourth-order valence-corrected chi connectivity index (χ4v) is 3.69. The van der Waals surface area contributed by atoms with Crippen LogP contribution < -0.4 is 5.73 Å². The van der Waals surface area contributed by atoms with Crippen LogP contribution in [-0.2, 0) is 25.2 Å². The molecule has 170 valence electrons. The summed E-state index contributed by atoms with van der Waals surface area (Å²) < 4.78 is 84.1. The lowest BCUT2D eigenvalue weighted by atomic mass is 9.78. The third-order valence-corrected chi connectivity index (χ3v) is 5.46. The molecule has 0 amide bonds. The largest absolute Gasteiger partial charge is 0.416 e. The van der Waals surface area contributed by atoms with Crippen molar-refractivity contribution in [2.75, 3.05) is 6.61 Å². The van der Waals surface area contributed by atoms with Gasteiger partial charge in [-0.2, -0.15) is 26.3 Å². The topological polar surface area (TPSA) is 85.2 Å². The van der Waals surface area contributed by atoms with Gasteiger partial charge in [-0.05, 0) is 60.7 Å². The molecule has 3 N–H and O–H groups in total. The Balaban J connectivity index is 1.72. The lowest BCUT2D eigenvalue weighted by Gasteiger charge is -2.33. The molecule has 1 heterocycles. The highest BCUT2D eigenvalue weighted by Gasteiger charge is 2.37. The van der Waals surface area contributed by atoms with Crippen LogP contribution >= 0.6 is 0 Å². The molecule has 1 aromatic heterocycles. The Hall–Kier alpha value is -2.92. The molecule has 0 radical (unpaired) electrons. The summed E-state index contributed by atoms with van der Waals surface area (Å²) in [5.41, 5.74) is 4.26. The van der Waals surface area contributed by atoms with Gasteiger partial charge in [0.1, 0.15) is 0 Å². The Morgan fingerprint density at radius 2 is 1.47 bits per heavy atom. The van der Waals surface area contributed by atoms with Crippen molar-refractivity contribution in [2.24, 2.45) is 5.73 Å². The number of benzene rings is 2. The number of halogens is 6. The summed E-state index contributed by atoms with van der Waals surface area (Å²) in [7, 11) is 0. The molecule has 1 atom stereocenters. The van der Waals surface area contributed by atoms with Gasteiger partial charge in [0.25, 0.3) is 0 Å². The predicted molar refractivity (Wildman–Crippen MR) is 101 cm³/mol. The quantitative estimate of drug-likeness (QED) is 0.561. The van der Waals surface area contributed by atoms with Crippen LogP contribution in [0.2, 0.25) is 0 Å². The molecule has 0 bridgehead atoms. The van der Waals surface area contributed by atoms with Crippen molar-refractivity contribution in [3.05, 3.63) is 58.7 Å². The van der Waals surface area contributed by atoms with Gasteiger partial charge < -0.3 is 15.3 Å². The Bertz CT molecular complexity index is 1120. The van der Waals surface area contributed by atoms with E-state index < -0.39 is 40.5 Å². The second-order valence-corrected chi connectivity index (χ2v) is 7.89. The van der Waals surface area contributed by atoms with E-state index in [1.165, 1.54) is 0 Å². The van der Waals surface area contributed by atoms with E-state index in [0.717, 1.165) is 11.1 Å². The van der Waals surface area contributed by atoms with Gasteiger partial charge in [0.05, 0.1) is 17.7 Å². The summed E-state index contributed by atoms with van der Waals surface area (Å²) in [6.07, 6.45) is -8.31. The zero-order valence-corrected chi connectivity index (χ0v) is 16.4. The zero-order chi connectivity index (χ0) is 23.3. The Morgan fingerprint density at radius 3 is 2.03 bits per heavy atom. The van der Waals surface area contributed by atoms with Crippen LogP contribution in [-0.4, -0.2) is 27.4 Å². The van der Waals surface area contributed by atoms with Crippen LogP contribution in [0.1, 0.15) is 28.7 Å². The lowest BCUT2D eigenvalue weighted by Crippen LogP contribution is -2.48. The number of nitrogens with zero attached hydrogens (tertiary/aromatic N) is 2. The highest BCUT2D eigenvalue weighted by Crippen LogP contribution is 2.39. The van der Waals surface area contributed by atoms with Gasteiger partial charge in [0.2, 0.25) is 11.8 Å². The summed E-state index contributed by atoms with van der Waals surface area (Å²) in [6, 6.07) is 6.30. The third kappa shape index (κ3) is 4.35. The standard InChI is InChI=1S/C21H17F6N3O2/c22-20(23,24)15-6-13(7-16(8-15)21(25,26)27)18-30-29-17(32-18)12-2-1-11-3-4-19(28,10-31)9-14(11)5-12/h1-2,5-8,31H,3-4,9-10,28H2/t19-/m0/s1. The minimum absolute atomic E-state index is 0.0322. The van der Waals surface area contributed by atoms with Crippen molar-refractivity contribution in [1.29, 1.82) is 0 Å². The molecule has 4 rings (SSSR count). The first-order valence-corrected chi connectivity index (χ1v) is 9.53. The first kappa shape index (κ1) is 22.3. The van der Waals surface area contributed by atoms with E-state index in [2.05, 4.69) is 10.2 Å². The van der Waals surface area contributed by atoms with Gasteiger partial charge >= 0.3 is 12.4 Å². The second kappa shape index (κ2) is 7.59. The number of hydrogen-bond donors (Lipinski definition) is 2. The van der Waals surface area contributed by atoms with Crippen LogP contribution in [0.15, 0.2) is 40.8 Å². The Labute approximate surface area is 177 Å². The van der Waals surface area contributed by atoms with E-state index in [-0.39, 0.29) is 18.6 Å². The Morgan fingerprint density at radius 1 is 0.875 bits per heavy atom. The van der Waals surface area contributed by atoms with Crippen LogP contribution in [0.25, 0.3) is 22.9 Å². The SMILES string of the molecule is N[C@@]1(CO)CCc2ccc(-c3nnc(-c4cc(C(F)(F)F)cc(C(F)(F)F)c4)o3)cc2C1. The Kier molecular flexibility index (Phi) is 5.29. The molecule has 0 saturated heterocycles. The minimum atomic E-state index is -4.99. The summed E-state index contributed by atoms with van der Waals surface area (Å²) in [5.74, 6) is -0.538. The second-order valence-electron chi connectivity index (χ2n) is 7.89. The first-order valence-electron chi connectivity index (χ1n) is 9.53. The minimum Gasteiger partial charge on any atom is -0.416 e. The molecular weight excluding hydrogens is 440 g/mol. The van der Waals surface area contributed by atoms with E-state index in [1.807, 2.05) is 6.07 Å². The van der Waals surface area contributed by atoms with Gasteiger partial charge in [-0.25, -0.2) is 0 Å². The van der Waals surface area contributed by atoms with Crippen LogP contribution in [0.5, 0.6) is 0 Å². The van der Waals surface area contributed by atoms with Crippen LogP contribution in [0, 0.1) is 0 Å². The fraction of sp³-hybridized carbons (Fsp3) is 0.333. The first-order chi connectivity index (χ1) is 14.9.